The van der Waals surface area contributed by atoms with Crippen LogP contribution in [0.15, 0.2) is 36.5 Å². The summed E-state index contributed by atoms with van der Waals surface area (Å²) >= 11 is 0. The minimum Gasteiger partial charge on any atom is -0.493 e. The third-order valence-corrected chi connectivity index (χ3v) is 5.23. The largest absolute Gasteiger partial charge is 0.493 e. The smallest absolute Gasteiger partial charge is 0.422 e. The highest BCUT2D eigenvalue weighted by Gasteiger charge is 2.29. The van der Waals surface area contributed by atoms with Crippen molar-refractivity contribution in [3.05, 3.63) is 47.7 Å². The number of nitrogens with one attached hydrogen (secondary N) is 1. The molecule has 2 heterocycles. The Morgan fingerprint density at radius 1 is 1.00 bits per heavy atom. The lowest BCUT2D eigenvalue weighted by Gasteiger charge is -2.34. The molecule has 2 aromatic rings. The van der Waals surface area contributed by atoms with E-state index in [0.717, 1.165) is 49.7 Å². The second-order valence-corrected chi connectivity index (χ2v) is 7.44. The van der Waals surface area contributed by atoms with Crippen LogP contribution < -0.4 is 19.7 Å². The first-order valence-corrected chi connectivity index (χ1v) is 10.4. The minimum atomic E-state index is -4.39. The van der Waals surface area contributed by atoms with E-state index in [-0.39, 0.29) is 11.5 Å². The molecule has 1 aliphatic heterocycles. The molecule has 31 heavy (non-hydrogen) atoms. The fraction of sp³-hybridized carbons (Fsp3) is 0.500. The second kappa shape index (κ2) is 10.7. The molecule has 0 unspecified atom stereocenters. The van der Waals surface area contributed by atoms with Gasteiger partial charge in [0.25, 0.3) is 0 Å². The highest BCUT2D eigenvalue weighted by atomic mass is 19.4. The molecule has 0 spiro atoms. The molecular weight excluding hydrogens is 409 g/mol. The number of rotatable bonds is 9. The van der Waals surface area contributed by atoms with Crippen molar-refractivity contribution in [2.45, 2.75) is 26.2 Å². The molecule has 0 aliphatic carbocycles. The minimum absolute atomic E-state index is 0.0723. The Kier molecular flexibility index (Phi) is 7.97. The van der Waals surface area contributed by atoms with Gasteiger partial charge in [0.15, 0.2) is 18.1 Å². The van der Waals surface area contributed by atoms with Crippen LogP contribution in [0.25, 0.3) is 0 Å². The molecule has 0 amide bonds. The number of halogens is 3. The normalized spacial score (nSPS) is 15.2. The zero-order chi connectivity index (χ0) is 22.3. The zero-order valence-corrected chi connectivity index (χ0v) is 17.9. The molecule has 0 radical (unpaired) electrons. The van der Waals surface area contributed by atoms with Crippen molar-refractivity contribution >= 4 is 5.82 Å². The molecule has 6 nitrogen and oxygen atoms in total. The van der Waals surface area contributed by atoms with E-state index >= 15 is 0 Å². The van der Waals surface area contributed by atoms with Crippen molar-refractivity contribution in [2.24, 2.45) is 0 Å². The van der Waals surface area contributed by atoms with Gasteiger partial charge in [0.2, 0.25) is 0 Å². The number of ether oxygens (including phenoxy) is 2. The molecule has 0 atom stereocenters. The van der Waals surface area contributed by atoms with Crippen LogP contribution in [0.2, 0.25) is 0 Å². The van der Waals surface area contributed by atoms with E-state index in [1.54, 1.807) is 12.1 Å². The van der Waals surface area contributed by atoms with E-state index in [1.165, 1.54) is 13.2 Å². The molecule has 1 aromatic heterocycles. The molecule has 1 aliphatic rings. The molecule has 1 fully saturated rings. The maximum atomic E-state index is 12.4. The van der Waals surface area contributed by atoms with E-state index in [9.17, 15) is 13.2 Å². The van der Waals surface area contributed by atoms with Gasteiger partial charge in [-0.05, 0) is 35.9 Å². The van der Waals surface area contributed by atoms with Gasteiger partial charge in [-0.15, -0.1) is 0 Å². The average Bonchev–Trinajstić information content (AvgIpc) is 2.78. The maximum absolute atomic E-state index is 12.4. The van der Waals surface area contributed by atoms with Crippen LogP contribution in [-0.2, 0) is 13.1 Å². The molecule has 1 N–H and O–H groups in total. The number of anilines is 1. The van der Waals surface area contributed by atoms with Gasteiger partial charge in [-0.1, -0.05) is 19.1 Å². The molecular formula is C22H29F3N4O2. The topological polar surface area (TPSA) is 49.9 Å². The molecule has 1 aromatic carbocycles. The standard InChI is InChI=1S/C22H29F3N4O2/c1-3-28-8-10-29(11-9-28)21-7-5-18(15-27-21)14-26-13-17-4-6-19(20(12-17)30-2)31-16-22(23,24)25/h4-7,12,15,26H,3,8-11,13-14,16H2,1-2H3. The van der Waals surface area contributed by atoms with Crippen LogP contribution in [0.4, 0.5) is 19.0 Å². The lowest BCUT2D eigenvalue weighted by molar-refractivity contribution is -0.153. The lowest BCUT2D eigenvalue weighted by atomic mass is 10.2. The van der Waals surface area contributed by atoms with Gasteiger partial charge in [0.1, 0.15) is 5.82 Å². The predicted octanol–water partition coefficient (Wildman–Crippen LogP) is 3.46. The summed E-state index contributed by atoms with van der Waals surface area (Å²) in [6.07, 6.45) is -2.51. The molecule has 170 valence electrons. The summed E-state index contributed by atoms with van der Waals surface area (Å²) in [4.78, 5) is 9.33. The van der Waals surface area contributed by atoms with Crippen LogP contribution in [0.3, 0.4) is 0 Å². The second-order valence-electron chi connectivity index (χ2n) is 7.44. The van der Waals surface area contributed by atoms with Crippen LogP contribution in [0.5, 0.6) is 11.5 Å². The number of aromatic nitrogens is 1. The number of piperazine rings is 1. The third kappa shape index (κ3) is 7.00. The Balaban J connectivity index is 1.48. The summed E-state index contributed by atoms with van der Waals surface area (Å²) in [5.74, 6) is 1.35. The van der Waals surface area contributed by atoms with Gasteiger partial charge in [0, 0.05) is 45.5 Å². The first-order chi connectivity index (χ1) is 14.9. The van der Waals surface area contributed by atoms with Gasteiger partial charge in [0.05, 0.1) is 7.11 Å². The van der Waals surface area contributed by atoms with Gasteiger partial charge < -0.3 is 24.6 Å². The highest BCUT2D eigenvalue weighted by Crippen LogP contribution is 2.29. The fourth-order valence-electron chi connectivity index (χ4n) is 3.45. The number of methoxy groups -OCH3 is 1. The van der Waals surface area contributed by atoms with Crippen molar-refractivity contribution in [1.29, 1.82) is 0 Å². The number of nitrogens with zero attached hydrogens (tertiary/aromatic N) is 3. The van der Waals surface area contributed by atoms with E-state index in [1.807, 2.05) is 6.20 Å². The lowest BCUT2D eigenvalue weighted by Crippen LogP contribution is -2.46. The van der Waals surface area contributed by atoms with Gasteiger partial charge in [-0.3, -0.25) is 0 Å². The van der Waals surface area contributed by atoms with Crippen LogP contribution in [0.1, 0.15) is 18.1 Å². The number of pyridine rings is 1. The van der Waals surface area contributed by atoms with E-state index < -0.39 is 12.8 Å². The predicted molar refractivity (Wildman–Crippen MR) is 114 cm³/mol. The number of likely N-dealkylation sites (N-methyl/N-ethyl adjacent to an activating group) is 1. The summed E-state index contributed by atoms with van der Waals surface area (Å²) in [5.41, 5.74) is 1.95. The average molecular weight is 438 g/mol. The van der Waals surface area contributed by atoms with Crippen molar-refractivity contribution in [1.82, 2.24) is 15.2 Å². The maximum Gasteiger partial charge on any atom is 0.422 e. The van der Waals surface area contributed by atoms with E-state index in [2.05, 4.69) is 39.2 Å². The summed E-state index contributed by atoms with van der Waals surface area (Å²) in [6, 6.07) is 9.01. The number of benzene rings is 1. The monoisotopic (exact) mass is 438 g/mol. The zero-order valence-electron chi connectivity index (χ0n) is 17.9. The summed E-state index contributed by atoms with van der Waals surface area (Å²) < 4.78 is 47.1. The van der Waals surface area contributed by atoms with Crippen molar-refractivity contribution in [3.8, 4) is 11.5 Å². The van der Waals surface area contributed by atoms with Crippen LogP contribution >= 0.6 is 0 Å². The summed E-state index contributed by atoms with van der Waals surface area (Å²) in [7, 11) is 1.41. The number of hydrogen-bond donors (Lipinski definition) is 1. The Hall–Kier alpha value is -2.52. The first kappa shape index (κ1) is 23.1. The Morgan fingerprint density at radius 2 is 1.71 bits per heavy atom. The number of alkyl halides is 3. The Labute approximate surface area is 181 Å². The molecule has 1 saturated heterocycles. The van der Waals surface area contributed by atoms with Gasteiger partial charge in [-0.2, -0.15) is 13.2 Å². The van der Waals surface area contributed by atoms with Crippen LogP contribution in [0, 0.1) is 0 Å². The molecule has 9 heteroatoms. The van der Waals surface area contributed by atoms with E-state index in [4.69, 9.17) is 9.47 Å². The van der Waals surface area contributed by atoms with Gasteiger partial charge >= 0.3 is 6.18 Å². The first-order valence-electron chi connectivity index (χ1n) is 10.4. The summed E-state index contributed by atoms with van der Waals surface area (Å²) in [6.45, 7) is 7.19. The Morgan fingerprint density at radius 3 is 2.32 bits per heavy atom. The molecule has 3 rings (SSSR count). The van der Waals surface area contributed by atoms with Gasteiger partial charge in [-0.25, -0.2) is 4.98 Å². The number of hydrogen-bond acceptors (Lipinski definition) is 6. The highest BCUT2D eigenvalue weighted by molar-refractivity contribution is 5.43. The third-order valence-electron chi connectivity index (χ3n) is 5.23. The summed E-state index contributed by atoms with van der Waals surface area (Å²) in [5, 5.41) is 3.32. The quantitative estimate of drug-likeness (QED) is 0.647. The van der Waals surface area contributed by atoms with Crippen molar-refractivity contribution in [2.75, 3.05) is 51.3 Å². The SMILES string of the molecule is CCN1CCN(c2ccc(CNCc3ccc(OCC(F)(F)F)c(OC)c3)cn2)CC1. The van der Waals surface area contributed by atoms with Crippen molar-refractivity contribution < 1.29 is 22.6 Å². The Bertz CT molecular complexity index is 822. The molecule has 0 bridgehead atoms. The molecule has 0 saturated carbocycles. The van der Waals surface area contributed by atoms with Crippen molar-refractivity contribution in [3.63, 3.8) is 0 Å². The fourth-order valence-corrected chi connectivity index (χ4v) is 3.45. The van der Waals surface area contributed by atoms with Crippen LogP contribution in [-0.4, -0.2) is 62.5 Å². The van der Waals surface area contributed by atoms with E-state index in [0.29, 0.717) is 13.1 Å².